The van der Waals surface area contributed by atoms with Gasteiger partial charge in [-0.1, -0.05) is 15.9 Å². The Labute approximate surface area is 129 Å². The summed E-state index contributed by atoms with van der Waals surface area (Å²) in [5.41, 5.74) is -0.821. The molecule has 0 aromatic heterocycles. The normalized spacial score (nSPS) is 11.2. The summed E-state index contributed by atoms with van der Waals surface area (Å²) < 4.78 is 1.41. The zero-order valence-electron chi connectivity index (χ0n) is 10.9. The van der Waals surface area contributed by atoms with E-state index in [1.54, 1.807) is 25.1 Å². The molecule has 1 aromatic rings. The summed E-state index contributed by atoms with van der Waals surface area (Å²) >= 11 is 6.62. The van der Waals surface area contributed by atoms with Crippen LogP contribution in [0.1, 0.15) is 31.1 Å². The maximum atomic E-state index is 12.5. The second-order valence-electron chi connectivity index (χ2n) is 4.54. The Bertz CT molecular complexity index is 515. The Morgan fingerprint density at radius 2 is 1.89 bits per heavy atom. The molecule has 0 fully saturated rings. The van der Waals surface area contributed by atoms with Crippen LogP contribution in [0.2, 0.25) is 0 Å². The Morgan fingerprint density at radius 1 is 1.32 bits per heavy atom. The number of carboxylic acid groups (broad SMARTS) is 1. The molecule has 0 saturated carbocycles. The van der Waals surface area contributed by atoms with E-state index in [4.69, 9.17) is 0 Å². The van der Waals surface area contributed by atoms with Crippen molar-refractivity contribution in [3.63, 3.8) is 0 Å². The van der Waals surface area contributed by atoms with Gasteiger partial charge in [0.25, 0.3) is 5.91 Å². The smallest absolute Gasteiger partial charge is 0.329 e. The molecule has 4 nitrogen and oxygen atoms in total. The van der Waals surface area contributed by atoms with Gasteiger partial charge in [0.15, 0.2) is 0 Å². The summed E-state index contributed by atoms with van der Waals surface area (Å²) in [4.78, 5) is 25.1. The average Bonchev–Trinajstić information content (AvgIpc) is 2.32. The highest BCUT2D eigenvalue weighted by Gasteiger charge is 2.37. The van der Waals surface area contributed by atoms with Crippen molar-refractivity contribution in [3.8, 4) is 0 Å². The highest BCUT2D eigenvalue weighted by atomic mass is 79.9. The highest BCUT2D eigenvalue weighted by molar-refractivity contribution is 9.11. The minimum absolute atomic E-state index is 0.317. The third kappa shape index (κ3) is 3.36. The van der Waals surface area contributed by atoms with Crippen molar-refractivity contribution in [2.45, 2.75) is 26.3 Å². The largest absolute Gasteiger partial charge is 0.480 e. The van der Waals surface area contributed by atoms with Crippen molar-refractivity contribution in [2.75, 3.05) is 6.54 Å². The van der Waals surface area contributed by atoms with E-state index in [-0.39, 0.29) is 5.91 Å². The number of amides is 1. The Balaban J connectivity index is 3.23. The van der Waals surface area contributed by atoms with Gasteiger partial charge in [-0.3, -0.25) is 4.79 Å². The topological polar surface area (TPSA) is 57.6 Å². The summed E-state index contributed by atoms with van der Waals surface area (Å²) in [5.74, 6) is -1.35. The van der Waals surface area contributed by atoms with Gasteiger partial charge in [-0.25, -0.2) is 4.79 Å². The molecular weight excluding hydrogens is 378 g/mol. The SMILES string of the molecule is CCN(C(=O)c1cc(Br)ccc1Br)C(C)(C)C(=O)O. The van der Waals surface area contributed by atoms with Crippen LogP contribution in [0.3, 0.4) is 0 Å². The lowest BCUT2D eigenvalue weighted by Crippen LogP contribution is -2.53. The molecule has 0 radical (unpaired) electrons. The second kappa shape index (κ2) is 6.05. The lowest BCUT2D eigenvalue weighted by Gasteiger charge is -2.34. The number of aliphatic carboxylic acids is 1. The van der Waals surface area contributed by atoms with Gasteiger partial charge in [0.1, 0.15) is 5.54 Å². The number of nitrogens with zero attached hydrogens (tertiary/aromatic N) is 1. The Kier molecular flexibility index (Phi) is 5.15. The predicted octanol–water partition coefficient (Wildman–Crippen LogP) is 3.54. The third-order valence-electron chi connectivity index (χ3n) is 2.92. The van der Waals surface area contributed by atoms with Crippen LogP contribution in [0.5, 0.6) is 0 Å². The molecule has 6 heteroatoms. The quantitative estimate of drug-likeness (QED) is 0.852. The minimum atomic E-state index is -1.26. The lowest BCUT2D eigenvalue weighted by atomic mass is 10.0. The van der Waals surface area contributed by atoms with Crippen LogP contribution in [-0.4, -0.2) is 34.0 Å². The molecule has 1 amide bonds. The fourth-order valence-corrected chi connectivity index (χ4v) is 2.49. The van der Waals surface area contributed by atoms with E-state index in [9.17, 15) is 14.7 Å². The number of carbonyl (C=O) groups is 2. The molecule has 1 aromatic carbocycles. The predicted molar refractivity (Wildman–Crippen MR) is 80.3 cm³/mol. The fourth-order valence-electron chi connectivity index (χ4n) is 1.71. The van der Waals surface area contributed by atoms with Gasteiger partial charge in [-0.15, -0.1) is 0 Å². The van der Waals surface area contributed by atoms with Crippen LogP contribution in [-0.2, 0) is 4.79 Å². The molecular formula is C13H15Br2NO3. The zero-order chi connectivity index (χ0) is 14.8. The summed E-state index contributed by atoms with van der Waals surface area (Å²) in [7, 11) is 0. The molecule has 0 unspecified atom stereocenters. The first-order valence-electron chi connectivity index (χ1n) is 5.72. The van der Waals surface area contributed by atoms with Gasteiger partial charge in [0.2, 0.25) is 0 Å². The lowest BCUT2D eigenvalue weighted by molar-refractivity contribution is -0.147. The number of hydrogen-bond donors (Lipinski definition) is 1. The molecule has 19 heavy (non-hydrogen) atoms. The van der Waals surface area contributed by atoms with Gasteiger partial charge in [-0.2, -0.15) is 0 Å². The molecule has 0 aliphatic rings. The van der Waals surface area contributed by atoms with E-state index < -0.39 is 11.5 Å². The van der Waals surface area contributed by atoms with E-state index in [0.29, 0.717) is 16.6 Å². The van der Waals surface area contributed by atoms with Crippen LogP contribution in [0.25, 0.3) is 0 Å². The molecule has 0 aliphatic carbocycles. The Hall–Kier alpha value is -0.880. The van der Waals surface area contributed by atoms with Crippen molar-refractivity contribution in [2.24, 2.45) is 0 Å². The van der Waals surface area contributed by atoms with Gasteiger partial charge in [0, 0.05) is 15.5 Å². The first-order valence-corrected chi connectivity index (χ1v) is 7.30. The molecule has 0 heterocycles. The molecule has 0 atom stereocenters. The number of halogens is 2. The Morgan fingerprint density at radius 3 is 2.37 bits per heavy atom. The highest BCUT2D eigenvalue weighted by Crippen LogP contribution is 2.26. The van der Waals surface area contributed by atoms with Gasteiger partial charge < -0.3 is 10.0 Å². The molecule has 104 valence electrons. The van der Waals surface area contributed by atoms with Crippen LogP contribution in [0.4, 0.5) is 0 Å². The summed E-state index contributed by atoms with van der Waals surface area (Å²) in [5, 5.41) is 9.25. The number of rotatable bonds is 4. The van der Waals surface area contributed by atoms with Crippen molar-refractivity contribution in [1.29, 1.82) is 0 Å². The number of carboxylic acids is 1. The number of hydrogen-bond acceptors (Lipinski definition) is 2. The standard InChI is InChI=1S/C13H15Br2NO3/c1-4-16(13(2,3)12(18)19)11(17)9-7-8(14)5-6-10(9)15/h5-7H,4H2,1-3H3,(H,18,19). The van der Waals surface area contributed by atoms with Crippen molar-refractivity contribution in [3.05, 3.63) is 32.7 Å². The van der Waals surface area contributed by atoms with Crippen molar-refractivity contribution < 1.29 is 14.7 Å². The molecule has 0 saturated heterocycles. The average molecular weight is 393 g/mol. The first kappa shape index (κ1) is 16.2. The first-order chi connectivity index (χ1) is 8.71. The summed E-state index contributed by atoms with van der Waals surface area (Å²) in [6, 6.07) is 5.23. The monoisotopic (exact) mass is 391 g/mol. The molecule has 0 bridgehead atoms. The van der Waals surface area contributed by atoms with Crippen LogP contribution >= 0.6 is 31.9 Å². The van der Waals surface area contributed by atoms with E-state index in [0.717, 1.165) is 4.47 Å². The molecule has 1 N–H and O–H groups in total. The van der Waals surface area contributed by atoms with E-state index in [1.807, 2.05) is 0 Å². The summed E-state index contributed by atoms with van der Waals surface area (Å²) in [6.45, 7) is 5.11. The number of benzene rings is 1. The maximum absolute atomic E-state index is 12.5. The number of likely N-dealkylation sites (N-methyl/N-ethyl adjacent to an activating group) is 1. The zero-order valence-corrected chi connectivity index (χ0v) is 14.1. The van der Waals surface area contributed by atoms with E-state index in [2.05, 4.69) is 31.9 Å². The van der Waals surface area contributed by atoms with Crippen LogP contribution < -0.4 is 0 Å². The van der Waals surface area contributed by atoms with Crippen molar-refractivity contribution >= 4 is 43.7 Å². The maximum Gasteiger partial charge on any atom is 0.329 e. The molecule has 0 aliphatic heterocycles. The third-order valence-corrected chi connectivity index (χ3v) is 4.10. The molecule has 0 spiro atoms. The fraction of sp³-hybridized carbons (Fsp3) is 0.385. The van der Waals surface area contributed by atoms with E-state index in [1.165, 1.54) is 18.7 Å². The number of carbonyl (C=O) groups excluding carboxylic acids is 1. The second-order valence-corrected chi connectivity index (χ2v) is 6.31. The van der Waals surface area contributed by atoms with Crippen LogP contribution in [0, 0.1) is 0 Å². The summed E-state index contributed by atoms with van der Waals surface area (Å²) in [6.07, 6.45) is 0. The molecule has 1 rings (SSSR count). The van der Waals surface area contributed by atoms with Crippen molar-refractivity contribution in [1.82, 2.24) is 4.90 Å². The van der Waals surface area contributed by atoms with E-state index >= 15 is 0 Å². The van der Waals surface area contributed by atoms with Gasteiger partial charge in [0.05, 0.1) is 5.56 Å². The van der Waals surface area contributed by atoms with Crippen LogP contribution in [0.15, 0.2) is 27.1 Å². The van der Waals surface area contributed by atoms with Gasteiger partial charge >= 0.3 is 5.97 Å². The van der Waals surface area contributed by atoms with Gasteiger partial charge in [-0.05, 0) is 54.9 Å². The minimum Gasteiger partial charge on any atom is -0.480 e.